The lowest BCUT2D eigenvalue weighted by atomic mass is 10.1. The molecule has 3 heterocycles. The van der Waals surface area contributed by atoms with Gasteiger partial charge in [0.1, 0.15) is 6.10 Å². The van der Waals surface area contributed by atoms with Crippen molar-refractivity contribution in [1.29, 1.82) is 0 Å². The summed E-state index contributed by atoms with van der Waals surface area (Å²) in [7, 11) is 0. The number of nitrogens with one attached hydrogen (secondary N) is 1. The van der Waals surface area contributed by atoms with Crippen LogP contribution in [0, 0.1) is 0 Å². The number of hydrogen-bond acceptors (Lipinski definition) is 6. The van der Waals surface area contributed by atoms with Crippen LogP contribution >= 0.6 is 0 Å². The molecule has 2 aliphatic rings. The van der Waals surface area contributed by atoms with Crippen molar-refractivity contribution in [3.05, 3.63) is 33.7 Å². The van der Waals surface area contributed by atoms with Gasteiger partial charge in [0.2, 0.25) is 0 Å². The fourth-order valence-corrected chi connectivity index (χ4v) is 3.00. The molecule has 0 amide bonds. The Kier molecular flexibility index (Phi) is 7.18. The van der Waals surface area contributed by atoms with Crippen LogP contribution in [-0.2, 0) is 17.9 Å². The molecule has 0 bridgehead atoms. The average Bonchev–Trinajstić information content (AvgIpc) is 2.42. The summed E-state index contributed by atoms with van der Waals surface area (Å²) in [5.41, 5.74) is 2.17. The maximum atomic E-state index is 11.8. The van der Waals surface area contributed by atoms with Crippen molar-refractivity contribution in [2.75, 3.05) is 32.7 Å². The van der Waals surface area contributed by atoms with Crippen molar-refractivity contribution >= 4 is 0 Å². The standard InChI is InChI=1S/C14H21N3O3.CH4.H3N.H2/c18-14-2-4-15-13-3-7-16(10-12(13)14)5-1-6-17-8-11(9-17)20-19;;;/h2,4,11,19H,1,3,5-10H2,(H,15,18);1H4;1H3;1H. The fourth-order valence-electron chi connectivity index (χ4n) is 3.00. The summed E-state index contributed by atoms with van der Waals surface area (Å²) in [6.07, 6.45) is 3.74. The maximum absolute atomic E-state index is 11.8. The van der Waals surface area contributed by atoms with Crippen molar-refractivity contribution in [3.8, 4) is 0 Å². The number of fused-ring (bicyclic) bond motifs is 1. The highest BCUT2D eigenvalue weighted by atomic mass is 17.1. The van der Waals surface area contributed by atoms with Gasteiger partial charge in [0, 0.05) is 57.5 Å². The highest BCUT2D eigenvalue weighted by Gasteiger charge is 2.27. The first-order valence-corrected chi connectivity index (χ1v) is 7.20. The van der Waals surface area contributed by atoms with Gasteiger partial charge in [-0.05, 0) is 19.5 Å². The molecule has 1 fully saturated rings. The number of hydrogen-bond donors (Lipinski definition) is 3. The van der Waals surface area contributed by atoms with Crippen molar-refractivity contribution in [3.63, 3.8) is 0 Å². The molecule has 3 rings (SSSR count). The molecule has 1 saturated heterocycles. The SMILES string of the molecule is C.N.O=c1cc[nH]c2c1CN(CCCN1CC(OO)C1)CC2.[HH]. The van der Waals surface area contributed by atoms with Crippen LogP contribution in [0.25, 0.3) is 0 Å². The zero-order valence-electron chi connectivity index (χ0n) is 12.3. The van der Waals surface area contributed by atoms with Crippen LogP contribution in [0.4, 0.5) is 0 Å². The van der Waals surface area contributed by atoms with E-state index >= 15 is 0 Å². The van der Waals surface area contributed by atoms with Crippen LogP contribution in [0.1, 0.15) is 26.5 Å². The molecule has 128 valence electrons. The first kappa shape index (κ1) is 18.8. The van der Waals surface area contributed by atoms with Crippen molar-refractivity contribution < 1.29 is 11.6 Å². The van der Waals surface area contributed by atoms with Crippen LogP contribution < -0.4 is 11.6 Å². The van der Waals surface area contributed by atoms with E-state index in [1.54, 1.807) is 12.3 Å². The van der Waals surface area contributed by atoms with Gasteiger partial charge in [-0.2, -0.15) is 0 Å². The lowest BCUT2D eigenvalue weighted by Crippen LogP contribution is -2.52. The van der Waals surface area contributed by atoms with E-state index < -0.39 is 0 Å². The molecule has 0 saturated carbocycles. The molecule has 0 atom stereocenters. The van der Waals surface area contributed by atoms with Gasteiger partial charge in [0.15, 0.2) is 5.43 Å². The molecule has 7 heteroatoms. The maximum Gasteiger partial charge on any atom is 0.186 e. The van der Waals surface area contributed by atoms with E-state index in [2.05, 4.69) is 19.7 Å². The third kappa shape index (κ3) is 4.15. The van der Waals surface area contributed by atoms with Gasteiger partial charge in [-0.25, -0.2) is 4.89 Å². The second-order valence-electron chi connectivity index (χ2n) is 5.67. The molecule has 0 spiro atoms. The van der Waals surface area contributed by atoms with Crippen molar-refractivity contribution in [2.45, 2.75) is 32.9 Å². The minimum atomic E-state index is -0.00424. The molecule has 2 aliphatic heterocycles. The van der Waals surface area contributed by atoms with Gasteiger partial charge in [0.25, 0.3) is 0 Å². The second kappa shape index (κ2) is 8.40. The molecule has 0 radical (unpaired) electrons. The molecule has 5 N–H and O–H groups in total. The number of aromatic nitrogens is 1. The van der Waals surface area contributed by atoms with E-state index in [-0.39, 0.29) is 26.5 Å². The number of aromatic amines is 1. The van der Waals surface area contributed by atoms with Gasteiger partial charge < -0.3 is 11.1 Å². The third-order valence-electron chi connectivity index (χ3n) is 4.24. The molecule has 0 aromatic carbocycles. The summed E-state index contributed by atoms with van der Waals surface area (Å²) in [6.45, 7) is 5.44. The Labute approximate surface area is 132 Å². The predicted octanol–water partition coefficient (Wildman–Crippen LogP) is 1.34. The van der Waals surface area contributed by atoms with Crippen molar-refractivity contribution in [1.82, 2.24) is 20.9 Å². The molecule has 1 aromatic heterocycles. The van der Waals surface area contributed by atoms with Crippen molar-refractivity contribution in [2.24, 2.45) is 0 Å². The van der Waals surface area contributed by atoms with E-state index in [1.165, 1.54) is 0 Å². The number of H-pyrrole nitrogens is 1. The van der Waals surface area contributed by atoms with E-state index in [4.69, 9.17) is 5.26 Å². The summed E-state index contributed by atoms with van der Waals surface area (Å²) in [6, 6.07) is 1.61. The molecule has 0 unspecified atom stereocenters. The van der Waals surface area contributed by atoms with E-state index in [0.29, 0.717) is 0 Å². The van der Waals surface area contributed by atoms with Gasteiger partial charge >= 0.3 is 0 Å². The Hall–Kier alpha value is -1.25. The molecular weight excluding hydrogens is 284 g/mol. The lowest BCUT2D eigenvalue weighted by Gasteiger charge is -2.37. The number of likely N-dealkylation sites (tertiary alicyclic amines) is 1. The summed E-state index contributed by atoms with van der Waals surface area (Å²) in [5, 5.41) is 8.48. The number of rotatable bonds is 5. The number of nitrogens with zero attached hydrogens (tertiary/aromatic N) is 2. The Morgan fingerprint density at radius 3 is 2.82 bits per heavy atom. The Bertz CT molecular complexity index is 520. The monoisotopic (exact) mass is 314 g/mol. The molecular formula is C15H30N4O3. The summed E-state index contributed by atoms with van der Waals surface area (Å²) >= 11 is 0. The minimum absolute atomic E-state index is 0. The van der Waals surface area contributed by atoms with Gasteiger partial charge in [-0.15, -0.1) is 0 Å². The molecule has 0 aliphatic carbocycles. The second-order valence-corrected chi connectivity index (χ2v) is 5.67. The highest BCUT2D eigenvalue weighted by molar-refractivity contribution is 5.22. The fraction of sp³-hybridized carbons (Fsp3) is 0.667. The summed E-state index contributed by atoms with van der Waals surface area (Å²) in [5.74, 6) is 0. The van der Waals surface area contributed by atoms with Crippen LogP contribution in [0.15, 0.2) is 17.1 Å². The third-order valence-corrected chi connectivity index (χ3v) is 4.24. The van der Waals surface area contributed by atoms with Gasteiger partial charge in [-0.1, -0.05) is 7.43 Å². The van der Waals surface area contributed by atoms with Gasteiger partial charge in [0.05, 0.1) is 0 Å². The highest BCUT2D eigenvalue weighted by Crippen LogP contribution is 2.15. The zero-order chi connectivity index (χ0) is 13.9. The summed E-state index contributed by atoms with van der Waals surface area (Å²) in [4.78, 5) is 23.9. The predicted molar refractivity (Wildman–Crippen MR) is 88.5 cm³/mol. The lowest BCUT2D eigenvalue weighted by molar-refractivity contribution is -0.303. The van der Waals surface area contributed by atoms with Gasteiger partial charge in [-0.3, -0.25) is 19.9 Å². The number of pyridine rings is 1. The molecule has 7 nitrogen and oxygen atoms in total. The normalized spacial score (nSPS) is 18.8. The van der Waals surface area contributed by atoms with Crippen LogP contribution in [0.5, 0.6) is 0 Å². The first-order chi connectivity index (χ1) is 9.76. The van der Waals surface area contributed by atoms with Crippen LogP contribution in [0.3, 0.4) is 0 Å². The average molecular weight is 314 g/mol. The zero-order valence-corrected chi connectivity index (χ0v) is 12.3. The van der Waals surface area contributed by atoms with E-state index in [1.807, 2.05) is 0 Å². The Balaban J connectivity index is 0.00000161. The quantitative estimate of drug-likeness (QED) is 0.560. The minimum Gasteiger partial charge on any atom is -0.364 e. The van der Waals surface area contributed by atoms with E-state index in [0.717, 1.165) is 63.4 Å². The van der Waals surface area contributed by atoms with Crippen LogP contribution in [0.2, 0.25) is 0 Å². The Morgan fingerprint density at radius 1 is 1.36 bits per heavy atom. The van der Waals surface area contributed by atoms with E-state index in [9.17, 15) is 4.79 Å². The smallest absolute Gasteiger partial charge is 0.186 e. The Morgan fingerprint density at radius 2 is 2.09 bits per heavy atom. The molecule has 1 aromatic rings. The van der Waals surface area contributed by atoms with Crippen LogP contribution in [-0.4, -0.2) is 58.9 Å². The first-order valence-electron chi connectivity index (χ1n) is 7.20. The topological polar surface area (TPSA) is 104 Å². The summed E-state index contributed by atoms with van der Waals surface area (Å²) < 4.78 is 0. The molecule has 22 heavy (non-hydrogen) atoms. The largest absolute Gasteiger partial charge is 0.364 e.